The molecule has 2 aromatic heterocycles. The summed E-state index contributed by atoms with van der Waals surface area (Å²) in [6.45, 7) is 10.6. The van der Waals surface area contributed by atoms with Gasteiger partial charge in [-0.2, -0.15) is 0 Å². The monoisotopic (exact) mass is 794 g/mol. The number of thiophene rings is 2. The number of carbonyl (C=O) groups excluding carboxylic acids is 2. The van der Waals surface area contributed by atoms with Crippen LogP contribution in [-0.4, -0.2) is 42.3 Å². The summed E-state index contributed by atoms with van der Waals surface area (Å²) < 4.78 is 38.4. The maximum Gasteiger partial charge on any atom is 0.411 e. The number of amides is 1. The molecule has 1 amide bonds. The lowest BCUT2D eigenvalue weighted by molar-refractivity contribution is -0.140. The SMILES string of the molecule is CC(C)(C)OC(=O)N1CCc2sc(Cl)cc2C1c1cccc(F)c1.CCOC(C)=O.Cl.Cl.Fc1cccc(C2NCCc3sc(Cl)cc32)c1. The number of carbonyl (C=O) groups is 2. The number of hydrogen-bond donors (Lipinski definition) is 1. The zero-order valence-electron chi connectivity index (χ0n) is 27.7. The highest BCUT2D eigenvalue weighted by molar-refractivity contribution is 7.16. The van der Waals surface area contributed by atoms with Crippen LogP contribution in [0.3, 0.4) is 0 Å². The van der Waals surface area contributed by atoms with Crippen LogP contribution in [0, 0.1) is 11.6 Å². The number of fused-ring (bicyclic) bond motifs is 2. The van der Waals surface area contributed by atoms with Crippen molar-refractivity contribution in [2.75, 3.05) is 19.7 Å². The van der Waals surface area contributed by atoms with Gasteiger partial charge < -0.3 is 14.8 Å². The van der Waals surface area contributed by atoms with E-state index in [1.807, 2.05) is 45.0 Å². The molecule has 2 aromatic carbocycles. The Hall–Kier alpha value is -2.44. The second-order valence-electron chi connectivity index (χ2n) is 11.9. The van der Waals surface area contributed by atoms with Gasteiger partial charge in [-0.05, 0) is 99.2 Å². The first kappa shape index (κ1) is 42.7. The van der Waals surface area contributed by atoms with Crippen LogP contribution in [0.15, 0.2) is 60.7 Å². The molecule has 0 spiro atoms. The molecule has 14 heteroatoms. The molecule has 1 N–H and O–H groups in total. The summed E-state index contributed by atoms with van der Waals surface area (Å²) in [5, 5.41) is 3.41. The van der Waals surface area contributed by atoms with Gasteiger partial charge in [0, 0.05) is 29.8 Å². The molecule has 4 heterocycles. The van der Waals surface area contributed by atoms with E-state index >= 15 is 0 Å². The van der Waals surface area contributed by atoms with Gasteiger partial charge in [-0.1, -0.05) is 47.5 Å². The van der Waals surface area contributed by atoms with Crippen LogP contribution in [0.4, 0.5) is 13.6 Å². The molecule has 6 nitrogen and oxygen atoms in total. The van der Waals surface area contributed by atoms with Gasteiger partial charge in [-0.25, -0.2) is 13.6 Å². The third-order valence-electron chi connectivity index (χ3n) is 7.14. The number of hydrogen-bond acceptors (Lipinski definition) is 7. The van der Waals surface area contributed by atoms with Gasteiger partial charge in [-0.15, -0.1) is 47.5 Å². The van der Waals surface area contributed by atoms with Gasteiger partial charge in [0.1, 0.15) is 17.2 Å². The van der Waals surface area contributed by atoms with E-state index in [4.69, 9.17) is 27.9 Å². The second kappa shape index (κ2) is 19.2. The van der Waals surface area contributed by atoms with Gasteiger partial charge in [0.05, 0.1) is 27.4 Å². The van der Waals surface area contributed by atoms with E-state index < -0.39 is 11.7 Å². The zero-order valence-corrected chi connectivity index (χ0v) is 32.5. The van der Waals surface area contributed by atoms with E-state index in [0.717, 1.165) is 45.3 Å². The van der Waals surface area contributed by atoms with Crippen LogP contribution in [0.25, 0.3) is 0 Å². The molecule has 268 valence electrons. The fourth-order valence-electron chi connectivity index (χ4n) is 5.38. The highest BCUT2D eigenvalue weighted by Crippen LogP contribution is 2.42. The Balaban J connectivity index is 0.000000292. The number of ether oxygens (including phenoxy) is 2. The molecule has 0 saturated carbocycles. The van der Waals surface area contributed by atoms with Crippen molar-refractivity contribution in [3.05, 3.63) is 113 Å². The summed E-state index contributed by atoms with van der Waals surface area (Å²) in [6, 6.07) is 16.6. The van der Waals surface area contributed by atoms with Crippen molar-refractivity contribution in [3.63, 3.8) is 0 Å². The Bertz CT molecular complexity index is 1700. The van der Waals surface area contributed by atoms with Crippen LogP contribution < -0.4 is 5.32 Å². The van der Waals surface area contributed by atoms with E-state index in [2.05, 4.69) is 10.1 Å². The fourth-order valence-corrected chi connectivity index (χ4v) is 8.00. The van der Waals surface area contributed by atoms with Gasteiger partial charge in [0.15, 0.2) is 0 Å². The lowest BCUT2D eigenvalue weighted by Gasteiger charge is -2.37. The van der Waals surface area contributed by atoms with Crippen molar-refractivity contribution in [1.82, 2.24) is 10.2 Å². The molecule has 6 rings (SSSR count). The molecule has 0 saturated heterocycles. The van der Waals surface area contributed by atoms with Crippen molar-refractivity contribution >= 4 is 82.8 Å². The average molecular weight is 797 g/mol. The predicted molar refractivity (Wildman–Crippen MR) is 200 cm³/mol. The van der Waals surface area contributed by atoms with Crippen LogP contribution in [0.1, 0.15) is 78.7 Å². The maximum absolute atomic E-state index is 13.7. The lowest BCUT2D eigenvalue weighted by Crippen LogP contribution is -2.43. The summed E-state index contributed by atoms with van der Waals surface area (Å²) in [5.41, 5.74) is 3.23. The number of halogens is 6. The average Bonchev–Trinajstić information content (AvgIpc) is 3.57. The Labute approximate surface area is 316 Å². The number of rotatable bonds is 3. The molecule has 2 unspecified atom stereocenters. The van der Waals surface area contributed by atoms with Crippen molar-refractivity contribution in [1.29, 1.82) is 0 Å². The molecular formula is C35H40Cl4F2N2O4S2. The molecule has 0 radical (unpaired) electrons. The van der Waals surface area contributed by atoms with Crippen LogP contribution >= 0.6 is 70.7 Å². The summed E-state index contributed by atoms with van der Waals surface area (Å²) in [5.74, 6) is -0.736. The van der Waals surface area contributed by atoms with Crippen LogP contribution in [-0.2, 0) is 27.1 Å². The van der Waals surface area contributed by atoms with Crippen molar-refractivity contribution < 1.29 is 27.8 Å². The molecule has 2 aliphatic heterocycles. The van der Waals surface area contributed by atoms with Crippen molar-refractivity contribution in [2.24, 2.45) is 0 Å². The van der Waals surface area contributed by atoms with Gasteiger partial charge in [0.2, 0.25) is 0 Å². The standard InChI is InChI=1S/C18H19ClFNO2S.C13H11ClFNS.C4H8O2.2ClH/c1-18(2,3)23-17(22)21-8-7-14-13(10-15(19)24-14)16(21)11-5-4-6-12(20)9-11;14-12-7-10-11(17-12)4-5-16-13(10)8-2-1-3-9(15)6-8;1-3-6-4(2)5;;/h4-6,9-10,16H,7-8H2,1-3H3;1-3,6-7,13,16H,4-5H2;3H2,1-2H3;2*1H. The highest BCUT2D eigenvalue weighted by atomic mass is 35.5. The smallest absolute Gasteiger partial charge is 0.411 e. The third kappa shape index (κ3) is 12.1. The van der Waals surface area contributed by atoms with E-state index in [1.54, 1.807) is 41.4 Å². The second-order valence-corrected chi connectivity index (χ2v) is 15.4. The summed E-state index contributed by atoms with van der Waals surface area (Å²) in [4.78, 5) is 26.6. The Morgan fingerprint density at radius 1 is 0.898 bits per heavy atom. The Morgan fingerprint density at radius 2 is 1.45 bits per heavy atom. The first-order valence-corrected chi connectivity index (χ1v) is 17.6. The largest absolute Gasteiger partial charge is 0.466 e. The molecule has 0 fully saturated rings. The molecule has 0 bridgehead atoms. The van der Waals surface area contributed by atoms with E-state index in [9.17, 15) is 18.4 Å². The van der Waals surface area contributed by atoms with Crippen molar-refractivity contribution in [2.45, 2.75) is 65.1 Å². The summed E-state index contributed by atoms with van der Waals surface area (Å²) in [6.07, 6.45) is 1.32. The molecule has 4 aromatic rings. The van der Waals surface area contributed by atoms with E-state index in [1.165, 1.54) is 46.9 Å². The lowest BCUT2D eigenvalue weighted by atomic mass is 9.93. The minimum atomic E-state index is -0.587. The molecular weight excluding hydrogens is 756 g/mol. The minimum absolute atomic E-state index is 0. The molecule has 49 heavy (non-hydrogen) atoms. The third-order valence-corrected chi connectivity index (χ3v) is 9.82. The highest BCUT2D eigenvalue weighted by Gasteiger charge is 2.36. The predicted octanol–water partition coefficient (Wildman–Crippen LogP) is 10.6. The number of esters is 1. The van der Waals surface area contributed by atoms with Gasteiger partial charge in [-0.3, -0.25) is 9.69 Å². The van der Waals surface area contributed by atoms with Gasteiger partial charge in [0.25, 0.3) is 0 Å². The Kier molecular flexibility index (Phi) is 16.8. The Morgan fingerprint density at radius 3 is 1.98 bits per heavy atom. The number of benzene rings is 2. The zero-order chi connectivity index (χ0) is 34.3. The van der Waals surface area contributed by atoms with Gasteiger partial charge >= 0.3 is 12.1 Å². The minimum Gasteiger partial charge on any atom is -0.466 e. The van der Waals surface area contributed by atoms with E-state index in [0.29, 0.717) is 17.5 Å². The van der Waals surface area contributed by atoms with E-state index in [-0.39, 0.29) is 54.5 Å². The molecule has 2 atom stereocenters. The van der Waals surface area contributed by atoms with Crippen LogP contribution in [0.5, 0.6) is 0 Å². The molecule has 2 aliphatic rings. The first-order chi connectivity index (χ1) is 22.3. The normalized spacial score (nSPS) is 16.1. The quantitative estimate of drug-likeness (QED) is 0.209. The fraction of sp³-hybridized carbons (Fsp3) is 0.371. The topological polar surface area (TPSA) is 67.9 Å². The number of nitrogens with zero attached hydrogens (tertiary/aromatic N) is 1. The van der Waals surface area contributed by atoms with Crippen LogP contribution in [0.2, 0.25) is 8.67 Å². The van der Waals surface area contributed by atoms with Crippen molar-refractivity contribution in [3.8, 4) is 0 Å². The summed E-state index contributed by atoms with van der Waals surface area (Å²) >= 11 is 15.4. The maximum atomic E-state index is 13.7. The number of nitrogens with one attached hydrogen (secondary N) is 1. The molecule has 0 aliphatic carbocycles. The summed E-state index contributed by atoms with van der Waals surface area (Å²) in [7, 11) is 0. The first-order valence-electron chi connectivity index (χ1n) is 15.2.